The Morgan fingerprint density at radius 2 is 1.74 bits per heavy atom. The summed E-state index contributed by atoms with van der Waals surface area (Å²) in [4.78, 5) is 27.8. The first kappa shape index (κ1) is 23.8. The Kier molecular flexibility index (Phi) is 7.48. The molecule has 0 radical (unpaired) electrons. The van der Waals surface area contributed by atoms with E-state index in [0.717, 1.165) is 22.0 Å². The standard InChI is InChI=1S/C28H26BrNO4/c1-2-17-34-23-13-11-20(12-14-23)26(31)24-25(21-9-6-10-22(29)18-21)30(28(33)27(24)32)16-15-19-7-4-3-5-8-19/h3-14,18,25,31H,2,15-17H2,1H3. The molecular weight excluding hydrogens is 494 g/mol. The third-order valence-electron chi connectivity index (χ3n) is 5.79. The summed E-state index contributed by atoms with van der Waals surface area (Å²) < 4.78 is 6.45. The zero-order valence-electron chi connectivity index (χ0n) is 18.9. The van der Waals surface area contributed by atoms with Crippen LogP contribution in [0.3, 0.4) is 0 Å². The molecule has 1 aliphatic rings. The van der Waals surface area contributed by atoms with Crippen molar-refractivity contribution < 1.29 is 19.4 Å². The largest absolute Gasteiger partial charge is 0.507 e. The predicted octanol–water partition coefficient (Wildman–Crippen LogP) is 5.90. The lowest BCUT2D eigenvalue weighted by Gasteiger charge is -2.25. The van der Waals surface area contributed by atoms with Gasteiger partial charge in [-0.25, -0.2) is 0 Å². The van der Waals surface area contributed by atoms with Gasteiger partial charge in [-0.15, -0.1) is 0 Å². The van der Waals surface area contributed by atoms with Gasteiger partial charge < -0.3 is 14.7 Å². The van der Waals surface area contributed by atoms with Crippen LogP contribution in [0.2, 0.25) is 0 Å². The van der Waals surface area contributed by atoms with Crippen LogP contribution < -0.4 is 4.74 Å². The SMILES string of the molecule is CCCOc1ccc(C(O)=C2C(=O)C(=O)N(CCc3ccccc3)C2c2cccc(Br)c2)cc1. The first-order valence-electron chi connectivity index (χ1n) is 11.3. The molecule has 5 nitrogen and oxygen atoms in total. The first-order valence-corrected chi connectivity index (χ1v) is 12.1. The summed E-state index contributed by atoms with van der Waals surface area (Å²) in [6, 6.07) is 23.5. The molecule has 0 bridgehead atoms. The van der Waals surface area contributed by atoms with E-state index in [1.807, 2.05) is 61.5 Å². The van der Waals surface area contributed by atoms with E-state index in [1.165, 1.54) is 0 Å². The second-order valence-electron chi connectivity index (χ2n) is 8.16. The summed E-state index contributed by atoms with van der Waals surface area (Å²) in [6.45, 7) is 2.98. The van der Waals surface area contributed by atoms with Crippen LogP contribution in [0.1, 0.15) is 36.1 Å². The monoisotopic (exact) mass is 519 g/mol. The molecule has 0 saturated carbocycles. The van der Waals surface area contributed by atoms with Gasteiger partial charge in [0.1, 0.15) is 11.5 Å². The average Bonchev–Trinajstić information content (AvgIpc) is 3.11. The van der Waals surface area contributed by atoms with Crippen molar-refractivity contribution in [1.29, 1.82) is 0 Å². The summed E-state index contributed by atoms with van der Waals surface area (Å²) in [5.41, 5.74) is 2.38. The number of benzene rings is 3. The summed E-state index contributed by atoms with van der Waals surface area (Å²) in [5.74, 6) is -0.787. The molecule has 1 fully saturated rings. The maximum absolute atomic E-state index is 13.2. The third-order valence-corrected chi connectivity index (χ3v) is 6.28. The van der Waals surface area contributed by atoms with Gasteiger partial charge in [-0.2, -0.15) is 0 Å². The molecular formula is C28H26BrNO4. The fourth-order valence-electron chi connectivity index (χ4n) is 4.11. The average molecular weight is 520 g/mol. The molecule has 3 aromatic rings. The van der Waals surface area contributed by atoms with Crippen molar-refractivity contribution in [3.8, 4) is 5.75 Å². The number of Topliss-reactive ketones (excluding diaryl/α,β-unsaturated/α-hetero) is 1. The van der Waals surface area contributed by atoms with Gasteiger partial charge in [0.25, 0.3) is 11.7 Å². The molecule has 34 heavy (non-hydrogen) atoms. The van der Waals surface area contributed by atoms with Crippen LogP contribution in [0.25, 0.3) is 5.76 Å². The number of ketones is 1. The maximum Gasteiger partial charge on any atom is 0.295 e. The number of carbonyl (C=O) groups is 2. The van der Waals surface area contributed by atoms with Gasteiger partial charge in [-0.1, -0.05) is 65.3 Å². The van der Waals surface area contributed by atoms with Crippen molar-refractivity contribution >= 4 is 33.4 Å². The fourth-order valence-corrected chi connectivity index (χ4v) is 4.53. The molecule has 0 aliphatic carbocycles. The van der Waals surface area contributed by atoms with Crippen LogP contribution in [-0.2, 0) is 16.0 Å². The molecule has 1 N–H and O–H groups in total. The van der Waals surface area contributed by atoms with Crippen LogP contribution in [0.15, 0.2) is 88.9 Å². The van der Waals surface area contributed by atoms with Crippen LogP contribution in [0.5, 0.6) is 5.75 Å². The van der Waals surface area contributed by atoms with E-state index in [9.17, 15) is 14.7 Å². The van der Waals surface area contributed by atoms with Gasteiger partial charge in [0.05, 0.1) is 18.2 Å². The maximum atomic E-state index is 13.2. The van der Waals surface area contributed by atoms with Crippen molar-refractivity contribution in [2.75, 3.05) is 13.2 Å². The predicted molar refractivity (Wildman–Crippen MR) is 136 cm³/mol. The number of rotatable bonds is 8. The Hall–Kier alpha value is -3.38. The zero-order chi connectivity index (χ0) is 24.1. The van der Waals surface area contributed by atoms with Crippen molar-refractivity contribution in [2.24, 2.45) is 0 Å². The van der Waals surface area contributed by atoms with E-state index in [4.69, 9.17) is 4.74 Å². The highest BCUT2D eigenvalue weighted by Gasteiger charge is 2.45. The van der Waals surface area contributed by atoms with E-state index in [2.05, 4.69) is 15.9 Å². The van der Waals surface area contributed by atoms with Crippen molar-refractivity contribution in [3.63, 3.8) is 0 Å². The lowest BCUT2D eigenvalue weighted by Crippen LogP contribution is -2.31. The van der Waals surface area contributed by atoms with Crippen LogP contribution in [-0.4, -0.2) is 34.8 Å². The zero-order valence-corrected chi connectivity index (χ0v) is 20.5. The summed E-state index contributed by atoms with van der Waals surface area (Å²) in [5, 5.41) is 11.2. The topological polar surface area (TPSA) is 66.8 Å². The van der Waals surface area contributed by atoms with E-state index in [0.29, 0.717) is 30.9 Å². The van der Waals surface area contributed by atoms with Gasteiger partial charge in [-0.3, -0.25) is 9.59 Å². The smallest absolute Gasteiger partial charge is 0.295 e. The number of carbonyl (C=O) groups excluding carboxylic acids is 2. The number of nitrogens with zero attached hydrogens (tertiary/aromatic N) is 1. The van der Waals surface area contributed by atoms with Crippen molar-refractivity contribution in [2.45, 2.75) is 25.8 Å². The molecule has 4 rings (SSSR count). The molecule has 1 atom stereocenters. The number of hydrogen-bond donors (Lipinski definition) is 1. The van der Waals surface area contributed by atoms with Gasteiger partial charge >= 0.3 is 0 Å². The number of likely N-dealkylation sites (tertiary alicyclic amines) is 1. The Labute approximate surface area is 207 Å². The second-order valence-corrected chi connectivity index (χ2v) is 9.07. The highest BCUT2D eigenvalue weighted by molar-refractivity contribution is 9.10. The van der Waals surface area contributed by atoms with Crippen molar-refractivity contribution in [3.05, 3.63) is 106 Å². The Balaban J connectivity index is 1.73. The number of amides is 1. The summed E-state index contributed by atoms with van der Waals surface area (Å²) in [6.07, 6.45) is 1.49. The quantitative estimate of drug-likeness (QED) is 0.228. The van der Waals surface area contributed by atoms with Crippen LogP contribution >= 0.6 is 15.9 Å². The Bertz CT molecular complexity index is 1200. The van der Waals surface area contributed by atoms with E-state index in [1.54, 1.807) is 29.2 Å². The third kappa shape index (κ3) is 5.07. The Morgan fingerprint density at radius 1 is 1.00 bits per heavy atom. The molecule has 0 aromatic heterocycles. The number of aliphatic hydroxyl groups is 1. The molecule has 1 unspecified atom stereocenters. The minimum absolute atomic E-state index is 0.0957. The fraction of sp³-hybridized carbons (Fsp3) is 0.214. The van der Waals surface area contributed by atoms with Crippen LogP contribution in [0, 0.1) is 0 Å². The molecule has 1 heterocycles. The Morgan fingerprint density at radius 3 is 2.41 bits per heavy atom. The molecule has 1 amide bonds. The van der Waals surface area contributed by atoms with Crippen molar-refractivity contribution in [1.82, 2.24) is 4.90 Å². The molecule has 6 heteroatoms. The highest BCUT2D eigenvalue weighted by atomic mass is 79.9. The van der Waals surface area contributed by atoms with Gasteiger partial charge in [-0.05, 0) is 60.4 Å². The van der Waals surface area contributed by atoms with Gasteiger partial charge in [0.2, 0.25) is 0 Å². The number of halogens is 1. The number of aliphatic hydroxyl groups excluding tert-OH is 1. The van der Waals surface area contributed by atoms with E-state index < -0.39 is 17.7 Å². The minimum Gasteiger partial charge on any atom is -0.507 e. The molecule has 1 saturated heterocycles. The van der Waals surface area contributed by atoms with E-state index >= 15 is 0 Å². The summed E-state index contributed by atoms with van der Waals surface area (Å²) in [7, 11) is 0. The molecule has 1 aliphatic heterocycles. The minimum atomic E-state index is -0.683. The van der Waals surface area contributed by atoms with Crippen LogP contribution in [0.4, 0.5) is 0 Å². The van der Waals surface area contributed by atoms with Gasteiger partial charge in [0.15, 0.2) is 0 Å². The molecule has 3 aromatic carbocycles. The number of hydrogen-bond acceptors (Lipinski definition) is 4. The van der Waals surface area contributed by atoms with E-state index in [-0.39, 0.29) is 11.3 Å². The highest BCUT2D eigenvalue weighted by Crippen LogP contribution is 2.40. The lowest BCUT2D eigenvalue weighted by atomic mass is 9.95. The molecule has 0 spiro atoms. The second kappa shape index (κ2) is 10.7. The first-order chi connectivity index (χ1) is 16.5. The normalized spacial score (nSPS) is 17.2. The summed E-state index contributed by atoms with van der Waals surface area (Å²) >= 11 is 3.48. The number of ether oxygens (including phenoxy) is 1. The molecule has 174 valence electrons. The van der Waals surface area contributed by atoms with Gasteiger partial charge in [0, 0.05) is 16.6 Å². The lowest BCUT2D eigenvalue weighted by molar-refractivity contribution is -0.139.